The molecule has 0 saturated carbocycles. The summed E-state index contributed by atoms with van der Waals surface area (Å²) in [5.41, 5.74) is 8.22. The standard InChI is InChI=1S/C47H53N7O7/c1-29(52-22-24-60-25-23-52)28-53-39-17-16-34(43-30(2)51-61-31(43)3)27-38(39)49-41(53)19-15-32-11-13-33(14-12-32)26-35(55)8-5-4-6-21-48-37-10-7-9-36-44(37)47(59)54(46(36)58)40-18-20-42(56)50-45(40)57/h7,9-14,16-17,27,29,40,48H,4-6,8,15,18-26,28H2,1-3H3,(H,50,56,57). The van der Waals surface area contributed by atoms with Gasteiger partial charge in [-0.1, -0.05) is 48.0 Å². The Hall–Kier alpha value is -5.99. The summed E-state index contributed by atoms with van der Waals surface area (Å²) in [5.74, 6) is -0.0707. The molecule has 5 heterocycles. The Labute approximate surface area is 355 Å². The normalized spacial score (nSPS) is 17.6. The molecule has 3 aromatic carbocycles. The number of nitrogens with zero attached hydrogens (tertiary/aromatic N) is 5. The third kappa shape index (κ3) is 9.06. The first-order valence-corrected chi connectivity index (χ1v) is 21.5. The number of aryl methyl sites for hydroxylation is 4. The van der Waals surface area contributed by atoms with E-state index in [4.69, 9.17) is 14.2 Å². The van der Waals surface area contributed by atoms with Crippen LogP contribution in [0.4, 0.5) is 5.69 Å². The third-order valence-electron chi connectivity index (χ3n) is 12.2. The number of aromatic nitrogens is 3. The number of benzene rings is 3. The zero-order valence-electron chi connectivity index (χ0n) is 35.1. The molecule has 318 valence electrons. The number of imide groups is 2. The third-order valence-corrected chi connectivity index (χ3v) is 12.2. The lowest BCUT2D eigenvalue weighted by Crippen LogP contribution is -2.54. The van der Waals surface area contributed by atoms with E-state index in [0.717, 1.165) is 115 Å². The van der Waals surface area contributed by atoms with Gasteiger partial charge >= 0.3 is 0 Å². The molecule has 14 heteroatoms. The minimum Gasteiger partial charge on any atom is -0.384 e. The number of unbranched alkanes of at least 4 members (excludes halogenated alkanes) is 2. The quantitative estimate of drug-likeness (QED) is 0.0834. The Bertz CT molecular complexity index is 2440. The van der Waals surface area contributed by atoms with Gasteiger partial charge in [0, 0.05) is 69.2 Å². The summed E-state index contributed by atoms with van der Waals surface area (Å²) in [6.45, 7) is 10.9. The Morgan fingerprint density at radius 1 is 0.918 bits per heavy atom. The maximum absolute atomic E-state index is 13.4. The van der Waals surface area contributed by atoms with E-state index < -0.39 is 29.7 Å². The smallest absolute Gasteiger partial charge is 0.264 e. The first-order valence-electron chi connectivity index (χ1n) is 21.5. The van der Waals surface area contributed by atoms with E-state index in [1.165, 1.54) is 5.56 Å². The minimum atomic E-state index is -1.01. The maximum Gasteiger partial charge on any atom is 0.264 e. The van der Waals surface area contributed by atoms with Crippen molar-refractivity contribution in [2.45, 2.75) is 97.2 Å². The van der Waals surface area contributed by atoms with E-state index in [1.54, 1.807) is 18.2 Å². The fraction of sp³-hybridized carbons (Fsp3) is 0.426. The van der Waals surface area contributed by atoms with Crippen LogP contribution in [0.25, 0.3) is 22.2 Å². The van der Waals surface area contributed by atoms with E-state index in [9.17, 15) is 24.0 Å². The number of amides is 4. The Morgan fingerprint density at radius 2 is 1.70 bits per heavy atom. The molecule has 2 aromatic heterocycles. The second-order valence-corrected chi connectivity index (χ2v) is 16.5. The van der Waals surface area contributed by atoms with Gasteiger partial charge in [0.1, 0.15) is 23.4 Å². The zero-order valence-corrected chi connectivity index (χ0v) is 35.1. The number of piperidine rings is 1. The number of hydrogen-bond donors (Lipinski definition) is 2. The van der Waals surface area contributed by atoms with Crippen LogP contribution in [0.15, 0.2) is 65.2 Å². The monoisotopic (exact) mass is 827 g/mol. The van der Waals surface area contributed by atoms with Crippen LogP contribution in [-0.4, -0.2) is 98.9 Å². The van der Waals surface area contributed by atoms with E-state index in [-0.39, 0.29) is 29.8 Å². The molecule has 3 aliphatic heterocycles. The van der Waals surface area contributed by atoms with Gasteiger partial charge in [0.15, 0.2) is 0 Å². The van der Waals surface area contributed by atoms with Crippen molar-refractivity contribution >= 4 is 46.1 Å². The predicted octanol–water partition coefficient (Wildman–Crippen LogP) is 6.00. The number of ether oxygens (including phenoxy) is 1. The van der Waals surface area contributed by atoms with Crippen molar-refractivity contribution in [3.63, 3.8) is 0 Å². The highest BCUT2D eigenvalue weighted by atomic mass is 16.5. The summed E-state index contributed by atoms with van der Waals surface area (Å²) in [4.78, 5) is 72.1. The van der Waals surface area contributed by atoms with Gasteiger partial charge in [-0.3, -0.25) is 39.1 Å². The number of ketones is 1. The van der Waals surface area contributed by atoms with Crippen LogP contribution in [0.2, 0.25) is 0 Å². The van der Waals surface area contributed by atoms with Gasteiger partial charge in [0.2, 0.25) is 11.8 Å². The molecule has 8 rings (SSSR count). The first-order chi connectivity index (χ1) is 29.5. The molecule has 0 aliphatic carbocycles. The molecule has 2 saturated heterocycles. The number of carbonyl (C=O) groups excluding carboxylic acids is 5. The fourth-order valence-electron chi connectivity index (χ4n) is 8.93. The molecule has 0 radical (unpaired) electrons. The summed E-state index contributed by atoms with van der Waals surface area (Å²) >= 11 is 0. The van der Waals surface area contributed by atoms with Gasteiger partial charge in [-0.05, 0) is 87.4 Å². The summed E-state index contributed by atoms with van der Waals surface area (Å²) in [6.07, 6.45) is 4.98. The topological polar surface area (TPSA) is 169 Å². The number of anilines is 1. The van der Waals surface area contributed by atoms with E-state index in [1.807, 2.05) is 13.8 Å². The van der Waals surface area contributed by atoms with Gasteiger partial charge in [-0.25, -0.2) is 4.98 Å². The molecule has 4 amide bonds. The molecular formula is C47H53N7O7. The molecule has 0 spiro atoms. The number of Topliss-reactive ketones (excluding diaryl/α,β-unsaturated/α-hetero) is 1. The molecule has 3 aliphatic rings. The van der Waals surface area contributed by atoms with E-state index in [2.05, 4.69) is 74.6 Å². The SMILES string of the molecule is Cc1noc(C)c1-c1ccc2c(c1)nc(CCc1ccc(CC(=O)CCCCCNc3cccc4c3C(=O)N(C3CCC(=O)NC3=O)C4=O)cc1)n2CC(C)N1CCOCC1. The Kier molecular flexibility index (Phi) is 12.5. The van der Waals surface area contributed by atoms with Crippen LogP contribution in [0.5, 0.6) is 0 Å². The summed E-state index contributed by atoms with van der Waals surface area (Å²) < 4.78 is 13.5. The van der Waals surface area contributed by atoms with Gasteiger partial charge in [0.05, 0.1) is 41.1 Å². The van der Waals surface area contributed by atoms with Crippen molar-refractivity contribution in [2.75, 3.05) is 38.2 Å². The molecule has 5 aromatic rings. The molecule has 61 heavy (non-hydrogen) atoms. The molecule has 2 N–H and O–H groups in total. The summed E-state index contributed by atoms with van der Waals surface area (Å²) in [6, 6.07) is 19.2. The van der Waals surface area contributed by atoms with Crippen molar-refractivity contribution in [3.05, 3.63) is 100 Å². The van der Waals surface area contributed by atoms with Crippen LogP contribution in [0.1, 0.15) is 94.6 Å². The predicted molar refractivity (Wildman–Crippen MR) is 229 cm³/mol. The second kappa shape index (κ2) is 18.3. The van der Waals surface area contributed by atoms with Crippen LogP contribution in [-0.2, 0) is 44.9 Å². The molecule has 2 fully saturated rings. The average Bonchev–Trinajstić information content (AvgIpc) is 3.87. The van der Waals surface area contributed by atoms with Gasteiger partial charge in [-0.15, -0.1) is 0 Å². The average molecular weight is 828 g/mol. The summed E-state index contributed by atoms with van der Waals surface area (Å²) in [7, 11) is 0. The van der Waals surface area contributed by atoms with Crippen molar-refractivity contribution < 1.29 is 33.2 Å². The lowest BCUT2D eigenvalue weighted by Gasteiger charge is -2.32. The summed E-state index contributed by atoms with van der Waals surface area (Å²) in [5, 5.41) is 9.67. The number of carbonyl (C=O) groups is 5. The van der Waals surface area contributed by atoms with Crippen LogP contribution in [0.3, 0.4) is 0 Å². The maximum atomic E-state index is 13.4. The van der Waals surface area contributed by atoms with Crippen molar-refractivity contribution in [2.24, 2.45) is 0 Å². The number of hydrogen-bond acceptors (Lipinski definition) is 11. The van der Waals surface area contributed by atoms with Crippen molar-refractivity contribution in [1.29, 1.82) is 0 Å². The second-order valence-electron chi connectivity index (χ2n) is 16.5. The Balaban J connectivity index is 0.818. The highest BCUT2D eigenvalue weighted by Crippen LogP contribution is 2.33. The largest absolute Gasteiger partial charge is 0.384 e. The van der Waals surface area contributed by atoms with E-state index >= 15 is 0 Å². The van der Waals surface area contributed by atoms with Crippen molar-refractivity contribution in [1.82, 2.24) is 29.8 Å². The number of rotatable bonds is 17. The van der Waals surface area contributed by atoms with Crippen LogP contribution < -0.4 is 10.6 Å². The van der Waals surface area contributed by atoms with Gasteiger partial charge < -0.3 is 19.1 Å². The fourth-order valence-corrected chi connectivity index (χ4v) is 8.93. The molecular weight excluding hydrogens is 775 g/mol. The lowest BCUT2D eigenvalue weighted by molar-refractivity contribution is -0.136. The van der Waals surface area contributed by atoms with E-state index in [0.29, 0.717) is 31.1 Å². The number of fused-ring (bicyclic) bond motifs is 2. The zero-order chi connectivity index (χ0) is 42.6. The minimum absolute atomic E-state index is 0.0701. The Morgan fingerprint density at radius 3 is 2.46 bits per heavy atom. The number of imidazole rings is 1. The van der Waals surface area contributed by atoms with Crippen LogP contribution in [0, 0.1) is 13.8 Å². The molecule has 2 atom stereocenters. The lowest BCUT2D eigenvalue weighted by atomic mass is 10.0. The molecule has 14 nitrogen and oxygen atoms in total. The highest BCUT2D eigenvalue weighted by Gasteiger charge is 2.45. The van der Waals surface area contributed by atoms with Gasteiger partial charge in [0.25, 0.3) is 11.8 Å². The molecule has 0 bridgehead atoms. The molecule has 2 unspecified atom stereocenters. The van der Waals surface area contributed by atoms with Crippen LogP contribution >= 0.6 is 0 Å². The highest BCUT2D eigenvalue weighted by molar-refractivity contribution is 6.25. The van der Waals surface area contributed by atoms with Crippen molar-refractivity contribution in [3.8, 4) is 11.1 Å². The number of nitrogens with one attached hydrogen (secondary N) is 2. The first kappa shape index (κ1) is 41.7. The number of morpholine rings is 1. The van der Waals surface area contributed by atoms with Gasteiger partial charge in [-0.2, -0.15) is 0 Å².